The van der Waals surface area contributed by atoms with Crippen LogP contribution in [0.2, 0.25) is 5.02 Å². The molecule has 142 valence electrons. The van der Waals surface area contributed by atoms with Gasteiger partial charge in [-0.15, -0.1) is 0 Å². The number of nitrogens with one attached hydrogen (secondary N) is 1. The first-order valence-corrected chi connectivity index (χ1v) is 9.31. The maximum Gasteiger partial charge on any atom is 0.244 e. The topological polar surface area (TPSA) is 50.7 Å². The zero-order chi connectivity index (χ0) is 19.8. The molecule has 0 fully saturated rings. The number of carbonyl (C=O) groups excluding carboxylic acids is 1. The molecule has 28 heavy (non-hydrogen) atoms. The fourth-order valence-corrected chi connectivity index (χ4v) is 2.63. The minimum atomic E-state index is -0.150. The lowest BCUT2D eigenvalue weighted by molar-refractivity contribution is -0.120. The Kier molecular flexibility index (Phi) is 6.82. The number of hydrogen-bond acceptors (Lipinski definition) is 3. The Morgan fingerprint density at radius 2 is 1.61 bits per heavy atom. The van der Waals surface area contributed by atoms with Gasteiger partial charge in [0.15, 0.2) is 0 Å². The third kappa shape index (κ3) is 6.25. The highest BCUT2D eigenvalue weighted by molar-refractivity contribution is 6.30. The van der Waals surface area contributed by atoms with Crippen molar-refractivity contribution in [3.8, 4) is 5.75 Å². The summed E-state index contributed by atoms with van der Waals surface area (Å²) in [4.78, 5) is 11.9. The quantitative estimate of drug-likeness (QED) is 0.458. The third-order valence-corrected chi connectivity index (χ3v) is 4.34. The van der Waals surface area contributed by atoms with Gasteiger partial charge in [-0.05, 0) is 60.0 Å². The van der Waals surface area contributed by atoms with Crippen molar-refractivity contribution in [2.24, 2.45) is 5.10 Å². The molecule has 5 heteroatoms. The minimum Gasteiger partial charge on any atom is -0.489 e. The van der Waals surface area contributed by atoms with Crippen LogP contribution in [-0.4, -0.2) is 12.1 Å². The molecule has 0 aliphatic carbocycles. The van der Waals surface area contributed by atoms with Crippen LogP contribution < -0.4 is 10.2 Å². The Hall–Kier alpha value is -3.11. The number of halogens is 1. The summed E-state index contributed by atoms with van der Waals surface area (Å²) >= 11 is 5.87. The average Bonchev–Trinajstić information content (AvgIpc) is 2.70. The summed E-state index contributed by atoms with van der Waals surface area (Å²) in [6.45, 7) is 2.49. The molecule has 3 aromatic carbocycles. The molecule has 0 aliphatic rings. The summed E-state index contributed by atoms with van der Waals surface area (Å²) in [6.07, 6.45) is 1.91. The van der Waals surface area contributed by atoms with Crippen LogP contribution in [0, 0.1) is 6.92 Å². The van der Waals surface area contributed by atoms with Gasteiger partial charge in [-0.1, -0.05) is 53.6 Å². The van der Waals surface area contributed by atoms with Crippen LogP contribution in [0.4, 0.5) is 0 Å². The zero-order valence-corrected chi connectivity index (χ0v) is 16.3. The molecule has 0 aliphatic heterocycles. The number of ether oxygens (including phenoxy) is 1. The lowest BCUT2D eigenvalue weighted by Crippen LogP contribution is -2.19. The van der Waals surface area contributed by atoms with Gasteiger partial charge in [0, 0.05) is 5.02 Å². The molecule has 0 saturated carbocycles. The SMILES string of the molecule is Cc1ccc(CC(=O)N/N=C\c2ccc(OCc3ccc(Cl)cc3)cc2)cc1. The zero-order valence-electron chi connectivity index (χ0n) is 15.6. The number of hydrazone groups is 1. The predicted octanol–water partition coefficient (Wildman–Crippen LogP) is 4.92. The number of nitrogens with zero attached hydrogens (tertiary/aromatic N) is 1. The van der Waals surface area contributed by atoms with E-state index in [0.717, 1.165) is 22.4 Å². The molecule has 0 unspecified atom stereocenters. The Bertz CT molecular complexity index is 934. The highest BCUT2D eigenvalue weighted by Crippen LogP contribution is 2.15. The molecule has 4 nitrogen and oxygen atoms in total. The van der Waals surface area contributed by atoms with E-state index < -0.39 is 0 Å². The average molecular weight is 393 g/mol. The Balaban J connectivity index is 1.45. The minimum absolute atomic E-state index is 0.150. The van der Waals surface area contributed by atoms with E-state index in [4.69, 9.17) is 16.3 Å². The van der Waals surface area contributed by atoms with Crippen LogP contribution in [0.5, 0.6) is 5.75 Å². The second-order valence-corrected chi connectivity index (χ2v) is 6.88. The van der Waals surface area contributed by atoms with Crippen molar-refractivity contribution in [1.82, 2.24) is 5.43 Å². The van der Waals surface area contributed by atoms with E-state index >= 15 is 0 Å². The maximum atomic E-state index is 11.9. The van der Waals surface area contributed by atoms with E-state index in [1.54, 1.807) is 6.21 Å². The maximum absolute atomic E-state index is 11.9. The standard InChI is InChI=1S/C23H21ClN2O2/c1-17-2-4-18(5-3-17)14-23(27)26-25-15-19-8-12-22(13-9-19)28-16-20-6-10-21(24)11-7-20/h2-13,15H,14,16H2,1H3,(H,26,27)/b25-15-. The van der Waals surface area contributed by atoms with Crippen molar-refractivity contribution in [2.75, 3.05) is 0 Å². The number of amides is 1. The highest BCUT2D eigenvalue weighted by Gasteiger charge is 2.02. The van der Waals surface area contributed by atoms with Crippen LogP contribution in [0.1, 0.15) is 22.3 Å². The summed E-state index contributed by atoms with van der Waals surface area (Å²) in [7, 11) is 0. The highest BCUT2D eigenvalue weighted by atomic mass is 35.5. The summed E-state index contributed by atoms with van der Waals surface area (Å²) in [5.41, 5.74) is 6.59. The van der Waals surface area contributed by atoms with Gasteiger partial charge in [-0.3, -0.25) is 4.79 Å². The van der Waals surface area contributed by atoms with Crippen LogP contribution in [0.25, 0.3) is 0 Å². The van der Waals surface area contributed by atoms with Crippen molar-refractivity contribution in [3.05, 3.63) is 100 Å². The Morgan fingerprint density at radius 1 is 0.964 bits per heavy atom. The molecule has 0 saturated heterocycles. The van der Waals surface area contributed by atoms with Crippen LogP contribution in [0.3, 0.4) is 0 Å². The lowest BCUT2D eigenvalue weighted by Gasteiger charge is -2.06. The van der Waals surface area contributed by atoms with Gasteiger partial charge in [-0.25, -0.2) is 5.43 Å². The van der Waals surface area contributed by atoms with Crippen LogP contribution in [0.15, 0.2) is 77.9 Å². The fourth-order valence-electron chi connectivity index (χ4n) is 2.51. The van der Waals surface area contributed by atoms with E-state index in [2.05, 4.69) is 10.5 Å². The van der Waals surface area contributed by atoms with Crippen molar-refractivity contribution >= 4 is 23.7 Å². The predicted molar refractivity (Wildman–Crippen MR) is 113 cm³/mol. The molecule has 0 bridgehead atoms. The van der Waals surface area contributed by atoms with E-state index in [1.165, 1.54) is 5.56 Å². The number of rotatable bonds is 7. The van der Waals surface area contributed by atoms with Crippen LogP contribution in [-0.2, 0) is 17.8 Å². The van der Waals surface area contributed by atoms with E-state index in [1.807, 2.05) is 79.7 Å². The monoisotopic (exact) mass is 392 g/mol. The van der Waals surface area contributed by atoms with Gasteiger partial charge in [0.2, 0.25) is 5.91 Å². The second kappa shape index (κ2) is 9.72. The molecule has 0 heterocycles. The largest absolute Gasteiger partial charge is 0.489 e. The molecule has 0 radical (unpaired) electrons. The number of carbonyl (C=O) groups is 1. The summed E-state index contributed by atoms with van der Waals surface area (Å²) < 4.78 is 5.75. The fraction of sp³-hybridized carbons (Fsp3) is 0.130. The van der Waals surface area contributed by atoms with E-state index in [0.29, 0.717) is 18.1 Å². The first-order chi connectivity index (χ1) is 13.6. The first kappa shape index (κ1) is 19.6. The summed E-state index contributed by atoms with van der Waals surface area (Å²) in [5.74, 6) is 0.610. The second-order valence-electron chi connectivity index (χ2n) is 6.44. The first-order valence-electron chi connectivity index (χ1n) is 8.93. The summed E-state index contributed by atoms with van der Waals surface area (Å²) in [6, 6.07) is 22.9. The van der Waals surface area contributed by atoms with Gasteiger partial charge < -0.3 is 4.74 Å². The third-order valence-electron chi connectivity index (χ3n) is 4.09. The normalized spacial score (nSPS) is 10.8. The van der Waals surface area contributed by atoms with Crippen molar-refractivity contribution in [3.63, 3.8) is 0 Å². The lowest BCUT2D eigenvalue weighted by atomic mass is 10.1. The molecular formula is C23H21ClN2O2. The number of hydrogen-bond donors (Lipinski definition) is 1. The van der Waals surface area contributed by atoms with Crippen LogP contribution >= 0.6 is 11.6 Å². The van der Waals surface area contributed by atoms with E-state index in [-0.39, 0.29) is 5.91 Å². The van der Waals surface area contributed by atoms with Crippen molar-refractivity contribution < 1.29 is 9.53 Å². The van der Waals surface area contributed by atoms with Gasteiger partial charge in [0.25, 0.3) is 0 Å². The van der Waals surface area contributed by atoms with E-state index in [9.17, 15) is 4.79 Å². The molecule has 0 atom stereocenters. The molecular weight excluding hydrogens is 372 g/mol. The van der Waals surface area contributed by atoms with Gasteiger partial charge >= 0.3 is 0 Å². The molecule has 0 aromatic heterocycles. The molecule has 3 rings (SSSR count). The number of benzene rings is 3. The molecule has 0 spiro atoms. The van der Waals surface area contributed by atoms with Crippen molar-refractivity contribution in [1.29, 1.82) is 0 Å². The number of aryl methyl sites for hydroxylation is 1. The van der Waals surface area contributed by atoms with Gasteiger partial charge in [0.1, 0.15) is 12.4 Å². The molecule has 1 amide bonds. The summed E-state index contributed by atoms with van der Waals surface area (Å²) in [5, 5.41) is 4.72. The van der Waals surface area contributed by atoms with Gasteiger partial charge in [0.05, 0.1) is 12.6 Å². The Labute approximate surface area is 169 Å². The van der Waals surface area contributed by atoms with Gasteiger partial charge in [-0.2, -0.15) is 5.10 Å². The molecule has 1 N–H and O–H groups in total. The molecule has 3 aromatic rings. The Morgan fingerprint density at radius 3 is 2.29 bits per heavy atom. The van der Waals surface area contributed by atoms with Crippen molar-refractivity contribution in [2.45, 2.75) is 20.0 Å². The smallest absolute Gasteiger partial charge is 0.244 e.